The Balaban J connectivity index is 1.58. The number of carbonyl (C=O) groups excluding carboxylic acids is 1. The van der Waals surface area contributed by atoms with E-state index in [1.165, 1.54) is 12.1 Å². The molecule has 0 fully saturated rings. The lowest BCUT2D eigenvalue weighted by Gasteiger charge is -2.33. The molecule has 33 heavy (non-hydrogen) atoms. The second-order valence-electron chi connectivity index (χ2n) is 7.89. The normalized spacial score (nSPS) is 19.5. The lowest BCUT2D eigenvalue weighted by molar-refractivity contribution is -0.402. The lowest BCUT2D eigenvalue weighted by atomic mass is 9.74. The highest BCUT2D eigenvalue weighted by Gasteiger charge is 2.42. The standard InChI is InChI=1S/C22H20N4O7/c1-31-14-4-3-10(9-16(14)32-2)11-7-12-18(13(27)8-11)19(15-5-6-17(33-15)26(29)30)20-21(23-12)24-25-22(20)28/h3-6,9,11,19H,7-8H2,1-2H3,(H3,23,24,25,28). The average molecular weight is 452 g/mol. The molecule has 3 heterocycles. The van der Waals surface area contributed by atoms with Crippen LogP contribution in [-0.2, 0) is 4.79 Å². The van der Waals surface area contributed by atoms with E-state index in [1.807, 2.05) is 12.1 Å². The van der Waals surface area contributed by atoms with Gasteiger partial charge in [-0.1, -0.05) is 6.07 Å². The van der Waals surface area contributed by atoms with E-state index in [-0.39, 0.29) is 29.4 Å². The van der Waals surface area contributed by atoms with Crippen LogP contribution in [0.3, 0.4) is 0 Å². The van der Waals surface area contributed by atoms with Crippen molar-refractivity contribution in [2.75, 3.05) is 19.5 Å². The summed E-state index contributed by atoms with van der Waals surface area (Å²) in [6.07, 6.45) is 0.690. The number of H-pyrrole nitrogens is 2. The zero-order valence-corrected chi connectivity index (χ0v) is 17.8. The minimum absolute atomic E-state index is 0.137. The van der Waals surface area contributed by atoms with Gasteiger partial charge in [0.15, 0.2) is 17.3 Å². The summed E-state index contributed by atoms with van der Waals surface area (Å²) in [4.78, 5) is 36.4. The number of ether oxygens (including phenoxy) is 2. The van der Waals surface area contributed by atoms with Crippen LogP contribution in [0.1, 0.15) is 41.6 Å². The van der Waals surface area contributed by atoms with E-state index in [9.17, 15) is 19.7 Å². The van der Waals surface area contributed by atoms with Crippen LogP contribution >= 0.6 is 0 Å². The molecule has 0 radical (unpaired) electrons. The number of benzene rings is 1. The SMILES string of the molecule is COc1ccc(C2CC(=O)C3=C(C2)Nc2[nH][nH]c(=O)c2C3c2ccc([N+](=O)[O-])o2)cc1OC. The van der Waals surface area contributed by atoms with Crippen molar-refractivity contribution in [1.29, 1.82) is 0 Å². The fourth-order valence-electron chi connectivity index (χ4n) is 4.64. The maximum absolute atomic E-state index is 13.4. The van der Waals surface area contributed by atoms with Gasteiger partial charge in [-0.25, -0.2) is 0 Å². The van der Waals surface area contributed by atoms with Crippen molar-refractivity contribution < 1.29 is 23.6 Å². The molecule has 0 saturated heterocycles. The number of aromatic amines is 2. The predicted molar refractivity (Wildman–Crippen MR) is 116 cm³/mol. The van der Waals surface area contributed by atoms with E-state index in [4.69, 9.17) is 13.9 Å². The van der Waals surface area contributed by atoms with Crippen molar-refractivity contribution in [3.05, 3.63) is 79.0 Å². The fourth-order valence-corrected chi connectivity index (χ4v) is 4.64. The number of aromatic nitrogens is 2. The van der Waals surface area contributed by atoms with E-state index in [0.29, 0.717) is 35.0 Å². The third-order valence-corrected chi connectivity index (χ3v) is 6.13. The summed E-state index contributed by atoms with van der Waals surface area (Å²) in [6.45, 7) is 0. The predicted octanol–water partition coefficient (Wildman–Crippen LogP) is 3.18. The van der Waals surface area contributed by atoms with Gasteiger partial charge in [0.25, 0.3) is 5.56 Å². The van der Waals surface area contributed by atoms with Gasteiger partial charge in [-0.05, 0) is 36.1 Å². The minimum atomic E-state index is -0.848. The third-order valence-electron chi connectivity index (χ3n) is 6.13. The summed E-state index contributed by atoms with van der Waals surface area (Å²) < 4.78 is 16.1. The quantitative estimate of drug-likeness (QED) is 0.394. The first-order valence-corrected chi connectivity index (χ1v) is 10.2. The van der Waals surface area contributed by atoms with Gasteiger partial charge in [-0.3, -0.25) is 29.9 Å². The molecule has 1 aromatic carbocycles. The summed E-state index contributed by atoms with van der Waals surface area (Å²) in [7, 11) is 3.10. The first-order chi connectivity index (χ1) is 15.9. The van der Waals surface area contributed by atoms with Gasteiger partial charge >= 0.3 is 5.88 Å². The Morgan fingerprint density at radius 1 is 1.06 bits per heavy atom. The molecule has 0 spiro atoms. The Bertz CT molecular complexity index is 1360. The first kappa shape index (κ1) is 20.6. The number of furan rings is 1. The van der Waals surface area contributed by atoms with E-state index in [2.05, 4.69) is 15.5 Å². The van der Waals surface area contributed by atoms with Gasteiger partial charge in [-0.2, -0.15) is 0 Å². The van der Waals surface area contributed by atoms with Crippen molar-refractivity contribution in [1.82, 2.24) is 10.2 Å². The molecule has 0 saturated carbocycles. The summed E-state index contributed by atoms with van der Waals surface area (Å²) in [5, 5.41) is 19.6. The molecule has 2 atom stereocenters. The second kappa shape index (κ2) is 7.69. The van der Waals surface area contributed by atoms with Crippen LogP contribution in [-0.4, -0.2) is 35.1 Å². The van der Waals surface area contributed by atoms with Crippen LogP contribution in [0.5, 0.6) is 11.5 Å². The van der Waals surface area contributed by atoms with Crippen molar-refractivity contribution in [2.45, 2.75) is 24.7 Å². The van der Waals surface area contributed by atoms with Crippen molar-refractivity contribution in [3.8, 4) is 11.5 Å². The van der Waals surface area contributed by atoms with Gasteiger partial charge in [0.05, 0.1) is 31.8 Å². The molecule has 2 unspecified atom stereocenters. The molecular weight excluding hydrogens is 432 g/mol. The van der Waals surface area contributed by atoms with Crippen LogP contribution < -0.4 is 20.3 Å². The van der Waals surface area contributed by atoms with Crippen LogP contribution in [0.25, 0.3) is 0 Å². The van der Waals surface area contributed by atoms with E-state index < -0.39 is 22.3 Å². The Labute approximate surface area is 186 Å². The number of ketones is 1. The number of methoxy groups -OCH3 is 2. The molecule has 11 nitrogen and oxygen atoms in total. The highest BCUT2D eigenvalue weighted by atomic mass is 16.6. The molecule has 5 rings (SSSR count). The van der Waals surface area contributed by atoms with E-state index in [1.54, 1.807) is 20.3 Å². The molecule has 1 aliphatic heterocycles. The van der Waals surface area contributed by atoms with Gasteiger partial charge in [0.1, 0.15) is 16.5 Å². The van der Waals surface area contributed by atoms with E-state index in [0.717, 1.165) is 5.56 Å². The first-order valence-electron chi connectivity index (χ1n) is 10.2. The van der Waals surface area contributed by atoms with Crippen molar-refractivity contribution in [3.63, 3.8) is 0 Å². The molecule has 11 heteroatoms. The molecule has 3 N–H and O–H groups in total. The molecule has 1 aliphatic carbocycles. The van der Waals surface area contributed by atoms with Crippen LogP contribution in [0.15, 0.2) is 50.8 Å². The van der Waals surface area contributed by atoms with Crippen LogP contribution in [0.2, 0.25) is 0 Å². The number of carbonyl (C=O) groups is 1. The molecule has 2 aromatic heterocycles. The zero-order chi connectivity index (χ0) is 23.3. The van der Waals surface area contributed by atoms with Crippen molar-refractivity contribution >= 4 is 17.5 Å². The van der Waals surface area contributed by atoms with Gasteiger partial charge in [-0.15, -0.1) is 0 Å². The van der Waals surface area contributed by atoms with E-state index >= 15 is 0 Å². The molecule has 0 amide bonds. The molecule has 170 valence electrons. The Morgan fingerprint density at radius 2 is 1.85 bits per heavy atom. The summed E-state index contributed by atoms with van der Waals surface area (Å²) >= 11 is 0. The number of nitrogens with zero attached hydrogens (tertiary/aromatic N) is 1. The lowest BCUT2D eigenvalue weighted by Crippen LogP contribution is -2.31. The number of anilines is 1. The number of nitro groups is 1. The number of fused-ring (bicyclic) bond motifs is 1. The molecular formula is C22H20N4O7. The number of nitrogens with one attached hydrogen (secondary N) is 3. The smallest absolute Gasteiger partial charge is 0.433 e. The second-order valence-corrected chi connectivity index (χ2v) is 7.89. The largest absolute Gasteiger partial charge is 0.493 e. The molecule has 0 bridgehead atoms. The number of Topliss-reactive ketones (excluding diaryl/α,β-unsaturated/α-hetero) is 1. The maximum atomic E-state index is 13.4. The fraction of sp³-hybridized carbons (Fsp3) is 0.273. The zero-order valence-electron chi connectivity index (χ0n) is 17.8. The highest BCUT2D eigenvalue weighted by Crippen LogP contribution is 2.47. The molecule has 3 aromatic rings. The Kier molecular flexibility index (Phi) is 4.81. The topological polar surface area (TPSA) is 152 Å². The minimum Gasteiger partial charge on any atom is -0.493 e. The number of rotatable bonds is 5. The summed E-state index contributed by atoms with van der Waals surface area (Å²) in [5.74, 6) is 0.124. The number of allylic oxidation sites excluding steroid dienone is 2. The number of hydrogen-bond acceptors (Lipinski definition) is 8. The Hall–Kier alpha value is -4.28. The average Bonchev–Trinajstić information content (AvgIpc) is 3.44. The monoisotopic (exact) mass is 452 g/mol. The molecule has 2 aliphatic rings. The summed E-state index contributed by atoms with van der Waals surface area (Å²) in [5.41, 5.74) is 1.76. The third kappa shape index (κ3) is 3.28. The van der Waals surface area contributed by atoms with Crippen LogP contribution in [0, 0.1) is 10.1 Å². The van der Waals surface area contributed by atoms with Gasteiger partial charge in [0.2, 0.25) is 0 Å². The van der Waals surface area contributed by atoms with Gasteiger partial charge in [0, 0.05) is 17.7 Å². The number of hydrogen-bond donors (Lipinski definition) is 3. The Morgan fingerprint density at radius 3 is 2.55 bits per heavy atom. The van der Waals surface area contributed by atoms with Crippen molar-refractivity contribution in [2.24, 2.45) is 0 Å². The maximum Gasteiger partial charge on any atom is 0.433 e. The van der Waals surface area contributed by atoms with Crippen LogP contribution in [0.4, 0.5) is 11.7 Å². The van der Waals surface area contributed by atoms with Gasteiger partial charge < -0.3 is 19.2 Å². The summed E-state index contributed by atoms with van der Waals surface area (Å²) in [6, 6.07) is 8.19. The highest BCUT2D eigenvalue weighted by molar-refractivity contribution is 6.01.